The minimum atomic E-state index is -2.85. The third-order valence-electron chi connectivity index (χ3n) is 3.28. The predicted octanol–water partition coefficient (Wildman–Crippen LogP) is 4.29. The molecule has 1 aromatic rings. The molecule has 2 atom stereocenters. The fraction of sp³-hybridized carbons (Fsp3) is 0.562. The Balaban J connectivity index is 2.58. The average molecular weight is 299 g/mol. The van der Waals surface area contributed by atoms with Gasteiger partial charge in [-0.1, -0.05) is 38.8 Å². The first-order valence-corrected chi connectivity index (χ1v) is 7.26. The molecule has 0 fully saturated rings. The molecule has 1 amide bonds. The summed E-state index contributed by atoms with van der Waals surface area (Å²) in [6.45, 7) is 3.11. The van der Waals surface area contributed by atoms with Crippen LogP contribution in [0.25, 0.3) is 0 Å². The van der Waals surface area contributed by atoms with E-state index in [-0.39, 0.29) is 17.7 Å². The van der Waals surface area contributed by atoms with E-state index in [1.54, 1.807) is 12.1 Å². The molecule has 0 aromatic heterocycles. The van der Waals surface area contributed by atoms with Gasteiger partial charge in [0.2, 0.25) is 5.91 Å². The summed E-state index contributed by atoms with van der Waals surface area (Å²) in [4.78, 5) is 11.9. The average Bonchev–Trinajstić information content (AvgIpc) is 2.38. The molecule has 0 saturated carbocycles. The van der Waals surface area contributed by atoms with E-state index in [0.717, 1.165) is 18.4 Å². The lowest BCUT2D eigenvalue weighted by atomic mass is 10.0. The highest BCUT2D eigenvalue weighted by molar-refractivity contribution is 5.76. The number of carbonyl (C=O) groups is 1. The van der Waals surface area contributed by atoms with Gasteiger partial charge in [0.05, 0.1) is 6.04 Å². The number of ether oxygens (including phenoxy) is 1. The van der Waals surface area contributed by atoms with Crippen molar-refractivity contribution in [2.75, 3.05) is 0 Å². The fourth-order valence-corrected chi connectivity index (χ4v) is 2.26. The molecule has 0 aliphatic rings. The molecule has 1 aromatic carbocycles. The van der Waals surface area contributed by atoms with Crippen molar-refractivity contribution in [3.8, 4) is 5.75 Å². The largest absolute Gasteiger partial charge is 0.435 e. The second-order valence-corrected chi connectivity index (χ2v) is 5.34. The van der Waals surface area contributed by atoms with Gasteiger partial charge in [-0.3, -0.25) is 4.79 Å². The Bertz CT molecular complexity index is 452. The first kappa shape index (κ1) is 17.4. The van der Waals surface area contributed by atoms with Crippen LogP contribution in [0, 0.1) is 5.92 Å². The van der Waals surface area contributed by atoms with Crippen LogP contribution in [0.3, 0.4) is 0 Å². The lowest BCUT2D eigenvalue weighted by Crippen LogP contribution is -2.27. The number of hydrogen-bond acceptors (Lipinski definition) is 2. The van der Waals surface area contributed by atoms with Crippen molar-refractivity contribution in [3.05, 3.63) is 29.8 Å². The molecule has 3 nitrogen and oxygen atoms in total. The summed E-state index contributed by atoms with van der Waals surface area (Å²) in [5.41, 5.74) is 0.740. The summed E-state index contributed by atoms with van der Waals surface area (Å²) in [7, 11) is 0. The number of alkyl halides is 2. The number of hydrogen-bond donors (Lipinski definition) is 1. The fourth-order valence-electron chi connectivity index (χ4n) is 2.26. The number of halogens is 2. The monoisotopic (exact) mass is 299 g/mol. The lowest BCUT2D eigenvalue weighted by Gasteiger charge is -2.17. The van der Waals surface area contributed by atoms with Crippen LogP contribution >= 0.6 is 0 Å². The van der Waals surface area contributed by atoms with E-state index in [4.69, 9.17) is 0 Å². The maximum atomic E-state index is 12.2. The summed E-state index contributed by atoms with van der Waals surface area (Å²) in [6, 6.07) is 6.15. The maximum Gasteiger partial charge on any atom is 0.387 e. The Kier molecular flexibility index (Phi) is 7.12. The van der Waals surface area contributed by atoms with Gasteiger partial charge in [-0.25, -0.2) is 0 Å². The summed E-state index contributed by atoms with van der Waals surface area (Å²) < 4.78 is 28.7. The molecule has 0 heterocycles. The van der Waals surface area contributed by atoms with E-state index in [1.807, 2.05) is 13.8 Å². The van der Waals surface area contributed by atoms with Crippen molar-refractivity contribution < 1.29 is 18.3 Å². The van der Waals surface area contributed by atoms with E-state index in [0.29, 0.717) is 12.3 Å². The van der Waals surface area contributed by atoms with Gasteiger partial charge in [0.15, 0.2) is 0 Å². The molecule has 0 bridgehead atoms. The molecule has 0 radical (unpaired) electrons. The highest BCUT2D eigenvalue weighted by atomic mass is 19.3. The van der Waals surface area contributed by atoms with Gasteiger partial charge in [-0.2, -0.15) is 8.78 Å². The van der Waals surface area contributed by atoms with Crippen LogP contribution in [-0.2, 0) is 4.79 Å². The maximum absolute atomic E-state index is 12.2. The van der Waals surface area contributed by atoms with Gasteiger partial charge in [0, 0.05) is 6.42 Å². The van der Waals surface area contributed by atoms with Gasteiger partial charge < -0.3 is 10.1 Å². The van der Waals surface area contributed by atoms with E-state index >= 15 is 0 Å². The zero-order chi connectivity index (χ0) is 15.8. The van der Waals surface area contributed by atoms with Crippen LogP contribution in [0.1, 0.15) is 51.6 Å². The van der Waals surface area contributed by atoms with Crippen LogP contribution < -0.4 is 10.1 Å². The van der Waals surface area contributed by atoms with Crippen molar-refractivity contribution in [1.82, 2.24) is 5.32 Å². The molecule has 0 aliphatic heterocycles. The lowest BCUT2D eigenvalue weighted by molar-refractivity contribution is -0.122. The van der Waals surface area contributed by atoms with Crippen molar-refractivity contribution in [1.29, 1.82) is 0 Å². The Morgan fingerprint density at radius 3 is 2.67 bits per heavy atom. The van der Waals surface area contributed by atoms with Gasteiger partial charge in [-0.05, 0) is 30.5 Å². The molecule has 0 saturated heterocycles. The first-order valence-electron chi connectivity index (χ1n) is 7.26. The third-order valence-corrected chi connectivity index (χ3v) is 3.28. The zero-order valence-electron chi connectivity index (χ0n) is 12.7. The molecule has 1 rings (SSSR count). The standard InChI is InChI=1S/C16H23F2NO2/c1-4-6-11(2)9-15(20)19-12(3)13-7-5-8-14(10-13)21-16(17)18/h5,7-8,10-12,16H,4,6,9H2,1-3H3,(H,19,20). The summed E-state index contributed by atoms with van der Waals surface area (Å²) >= 11 is 0. The van der Waals surface area contributed by atoms with Crippen LogP contribution in [0.4, 0.5) is 8.78 Å². The van der Waals surface area contributed by atoms with Crippen molar-refractivity contribution in [2.45, 2.75) is 52.7 Å². The van der Waals surface area contributed by atoms with Gasteiger partial charge >= 0.3 is 6.61 Å². The minimum absolute atomic E-state index is 0.0244. The van der Waals surface area contributed by atoms with Crippen molar-refractivity contribution in [2.24, 2.45) is 5.92 Å². The second kappa shape index (κ2) is 8.60. The highest BCUT2D eigenvalue weighted by Crippen LogP contribution is 2.21. The van der Waals surface area contributed by atoms with Crippen molar-refractivity contribution in [3.63, 3.8) is 0 Å². The number of amides is 1. The van der Waals surface area contributed by atoms with Crippen LogP contribution in [0.5, 0.6) is 5.75 Å². The highest BCUT2D eigenvalue weighted by Gasteiger charge is 2.13. The van der Waals surface area contributed by atoms with Crippen LogP contribution in [0.2, 0.25) is 0 Å². The quantitative estimate of drug-likeness (QED) is 0.777. The van der Waals surface area contributed by atoms with Crippen molar-refractivity contribution >= 4 is 5.91 Å². The molecule has 1 N–H and O–H groups in total. The smallest absolute Gasteiger partial charge is 0.387 e. The Labute approximate surface area is 124 Å². The Hall–Kier alpha value is -1.65. The zero-order valence-corrected chi connectivity index (χ0v) is 12.7. The van der Waals surface area contributed by atoms with Crippen LogP contribution in [0.15, 0.2) is 24.3 Å². The molecule has 118 valence electrons. The normalized spacial score (nSPS) is 13.8. The number of nitrogens with one attached hydrogen (secondary N) is 1. The Morgan fingerprint density at radius 2 is 2.05 bits per heavy atom. The van der Waals surface area contributed by atoms with Gasteiger partial charge in [0.1, 0.15) is 5.75 Å². The summed E-state index contributed by atoms with van der Waals surface area (Å²) in [5, 5.41) is 2.88. The van der Waals surface area contributed by atoms with Crippen LogP contribution in [-0.4, -0.2) is 12.5 Å². The summed E-state index contributed by atoms with van der Waals surface area (Å²) in [5.74, 6) is 0.419. The molecular weight excluding hydrogens is 276 g/mol. The third kappa shape index (κ3) is 6.56. The summed E-state index contributed by atoms with van der Waals surface area (Å²) in [6.07, 6.45) is 2.54. The van der Waals surface area contributed by atoms with Gasteiger partial charge in [-0.15, -0.1) is 0 Å². The molecule has 2 unspecified atom stereocenters. The molecule has 5 heteroatoms. The second-order valence-electron chi connectivity index (χ2n) is 5.34. The van der Waals surface area contributed by atoms with E-state index < -0.39 is 6.61 Å². The van der Waals surface area contributed by atoms with Gasteiger partial charge in [0.25, 0.3) is 0 Å². The Morgan fingerprint density at radius 1 is 1.33 bits per heavy atom. The number of carbonyl (C=O) groups excluding carboxylic acids is 1. The first-order chi connectivity index (χ1) is 9.92. The predicted molar refractivity (Wildman–Crippen MR) is 78.3 cm³/mol. The van der Waals surface area contributed by atoms with E-state index in [2.05, 4.69) is 17.0 Å². The number of benzene rings is 1. The SMILES string of the molecule is CCCC(C)CC(=O)NC(C)c1cccc(OC(F)F)c1. The molecule has 21 heavy (non-hydrogen) atoms. The molecule has 0 spiro atoms. The minimum Gasteiger partial charge on any atom is -0.435 e. The number of rotatable bonds is 8. The van der Waals surface area contributed by atoms with E-state index in [1.165, 1.54) is 12.1 Å². The van der Waals surface area contributed by atoms with E-state index in [9.17, 15) is 13.6 Å². The molecular formula is C16H23F2NO2. The molecule has 0 aliphatic carbocycles. The topological polar surface area (TPSA) is 38.3 Å².